The second-order valence-corrected chi connectivity index (χ2v) is 7.23. The number of anilines is 1. The van der Waals surface area contributed by atoms with Gasteiger partial charge < -0.3 is 14.8 Å². The van der Waals surface area contributed by atoms with Crippen molar-refractivity contribution in [1.29, 1.82) is 0 Å². The molecule has 2 aliphatic heterocycles. The van der Waals surface area contributed by atoms with Crippen LogP contribution in [0.1, 0.15) is 38.5 Å². The van der Waals surface area contributed by atoms with Gasteiger partial charge in [-0.25, -0.2) is 4.98 Å². The summed E-state index contributed by atoms with van der Waals surface area (Å²) in [6, 6.07) is 4.35. The largest absolute Gasteiger partial charge is 0.360 e. The number of hydrogen-bond acceptors (Lipinski definition) is 3. The molecule has 1 N–H and O–H groups in total. The van der Waals surface area contributed by atoms with E-state index >= 15 is 0 Å². The minimum Gasteiger partial charge on any atom is -0.360 e. The molecule has 0 aliphatic carbocycles. The molecule has 2 saturated heterocycles. The molecule has 0 aromatic carbocycles. The van der Waals surface area contributed by atoms with Crippen molar-refractivity contribution in [3.05, 3.63) is 24.5 Å². The van der Waals surface area contributed by atoms with Crippen LogP contribution in [0.15, 0.2) is 24.5 Å². The summed E-state index contributed by atoms with van der Waals surface area (Å²) in [6.07, 6.45) is 12.2. The summed E-state index contributed by atoms with van der Waals surface area (Å²) >= 11 is 0. The summed E-state index contributed by atoms with van der Waals surface area (Å²) in [6.45, 7) is 6.30. The molecule has 124 valence electrons. The minimum absolute atomic E-state index is 0.907. The first kappa shape index (κ1) is 15.0. The highest BCUT2D eigenvalue weighted by atomic mass is 15.2. The number of hydrogen-bond donors (Lipinski definition) is 1. The molecule has 0 amide bonds. The van der Waals surface area contributed by atoms with Crippen LogP contribution in [0.4, 0.5) is 5.82 Å². The molecular weight excluding hydrogens is 284 g/mol. The molecule has 0 saturated carbocycles. The highest BCUT2D eigenvalue weighted by molar-refractivity contribution is 5.81. The summed E-state index contributed by atoms with van der Waals surface area (Å²) in [5.74, 6) is 2.05. The van der Waals surface area contributed by atoms with Gasteiger partial charge in [0.1, 0.15) is 5.82 Å². The van der Waals surface area contributed by atoms with Crippen molar-refractivity contribution in [2.45, 2.75) is 38.5 Å². The number of likely N-dealkylation sites (tertiary alicyclic amines) is 1. The number of aromatic amines is 1. The predicted molar refractivity (Wildman–Crippen MR) is 95.9 cm³/mol. The number of pyridine rings is 1. The van der Waals surface area contributed by atoms with Crippen molar-refractivity contribution in [3.8, 4) is 0 Å². The number of piperidine rings is 2. The van der Waals surface area contributed by atoms with E-state index in [1.54, 1.807) is 0 Å². The van der Waals surface area contributed by atoms with Crippen LogP contribution in [0, 0.1) is 5.92 Å². The predicted octanol–water partition coefficient (Wildman–Crippen LogP) is 3.66. The summed E-state index contributed by atoms with van der Waals surface area (Å²) in [5.41, 5.74) is 1.13. The minimum atomic E-state index is 0.907. The molecule has 2 aromatic heterocycles. The first-order valence-electron chi connectivity index (χ1n) is 9.29. The lowest BCUT2D eigenvalue weighted by atomic mass is 9.93. The van der Waals surface area contributed by atoms with Gasteiger partial charge in [0.25, 0.3) is 0 Å². The number of aromatic nitrogens is 2. The molecule has 4 heteroatoms. The lowest BCUT2D eigenvalue weighted by Gasteiger charge is -2.34. The maximum Gasteiger partial charge on any atom is 0.129 e. The Balaban J connectivity index is 1.28. The molecule has 4 rings (SSSR count). The van der Waals surface area contributed by atoms with Crippen molar-refractivity contribution in [1.82, 2.24) is 14.9 Å². The Hall–Kier alpha value is -1.55. The number of fused-ring (bicyclic) bond motifs is 1. The average molecular weight is 312 g/mol. The molecule has 2 aliphatic rings. The highest BCUT2D eigenvalue weighted by Crippen LogP contribution is 2.26. The summed E-state index contributed by atoms with van der Waals surface area (Å²) < 4.78 is 0. The fourth-order valence-electron chi connectivity index (χ4n) is 4.11. The van der Waals surface area contributed by atoms with Crippen LogP contribution < -0.4 is 4.90 Å². The zero-order valence-corrected chi connectivity index (χ0v) is 14.0. The zero-order valence-electron chi connectivity index (χ0n) is 14.0. The van der Waals surface area contributed by atoms with E-state index in [2.05, 4.69) is 31.9 Å². The van der Waals surface area contributed by atoms with Crippen LogP contribution >= 0.6 is 0 Å². The highest BCUT2D eigenvalue weighted by Gasteiger charge is 2.21. The Labute approximate surface area is 138 Å². The zero-order chi connectivity index (χ0) is 15.5. The van der Waals surface area contributed by atoms with E-state index in [1.807, 2.05) is 12.4 Å². The summed E-state index contributed by atoms with van der Waals surface area (Å²) in [5, 5.41) is 1.27. The van der Waals surface area contributed by atoms with Crippen molar-refractivity contribution < 1.29 is 0 Å². The topological polar surface area (TPSA) is 35.2 Å². The lowest BCUT2D eigenvalue weighted by molar-refractivity contribution is 0.205. The molecule has 2 fully saturated rings. The van der Waals surface area contributed by atoms with Gasteiger partial charge in [0.2, 0.25) is 0 Å². The van der Waals surface area contributed by atoms with Crippen LogP contribution in [0.2, 0.25) is 0 Å². The molecule has 0 radical (unpaired) electrons. The SMILES string of the molecule is c1cc2cc(N3CCC(CCN4CCCCC4)CC3)ncc2[nH]1. The van der Waals surface area contributed by atoms with E-state index in [-0.39, 0.29) is 0 Å². The summed E-state index contributed by atoms with van der Waals surface area (Å²) in [4.78, 5) is 13.0. The Kier molecular flexibility index (Phi) is 4.51. The van der Waals surface area contributed by atoms with Crippen molar-refractivity contribution >= 4 is 16.7 Å². The lowest BCUT2D eigenvalue weighted by Crippen LogP contribution is -2.36. The maximum atomic E-state index is 4.63. The van der Waals surface area contributed by atoms with E-state index in [0.29, 0.717) is 0 Å². The number of nitrogens with one attached hydrogen (secondary N) is 1. The number of H-pyrrole nitrogens is 1. The Morgan fingerprint density at radius 2 is 1.91 bits per heavy atom. The van der Waals surface area contributed by atoms with E-state index in [0.717, 1.165) is 30.3 Å². The van der Waals surface area contributed by atoms with Gasteiger partial charge in [-0.05, 0) is 69.8 Å². The van der Waals surface area contributed by atoms with E-state index in [1.165, 1.54) is 63.5 Å². The van der Waals surface area contributed by atoms with Gasteiger partial charge in [0.15, 0.2) is 0 Å². The third kappa shape index (κ3) is 3.52. The summed E-state index contributed by atoms with van der Waals surface area (Å²) in [7, 11) is 0. The number of rotatable bonds is 4. The van der Waals surface area contributed by atoms with Gasteiger partial charge in [-0.15, -0.1) is 0 Å². The third-order valence-corrected chi connectivity index (χ3v) is 5.66. The standard InChI is InChI=1S/C19H28N4/c1-2-9-22(10-3-1)11-5-16-6-12-23(13-7-16)19-14-17-4-8-20-18(17)15-21-19/h4,8,14-16,20H,1-3,5-7,9-13H2. The van der Waals surface area contributed by atoms with Gasteiger partial charge in [0.05, 0.1) is 11.7 Å². The molecule has 0 atom stereocenters. The van der Waals surface area contributed by atoms with Gasteiger partial charge in [-0.2, -0.15) is 0 Å². The van der Waals surface area contributed by atoms with Crippen LogP contribution in [0.25, 0.3) is 10.9 Å². The third-order valence-electron chi connectivity index (χ3n) is 5.66. The van der Waals surface area contributed by atoms with Crippen LogP contribution in [-0.4, -0.2) is 47.6 Å². The fraction of sp³-hybridized carbons (Fsp3) is 0.632. The smallest absolute Gasteiger partial charge is 0.129 e. The van der Waals surface area contributed by atoms with Crippen LogP contribution in [0.3, 0.4) is 0 Å². The molecule has 0 unspecified atom stereocenters. The molecule has 0 bridgehead atoms. The van der Waals surface area contributed by atoms with Gasteiger partial charge in [-0.3, -0.25) is 0 Å². The maximum absolute atomic E-state index is 4.63. The fourth-order valence-corrected chi connectivity index (χ4v) is 4.11. The van der Waals surface area contributed by atoms with E-state index in [4.69, 9.17) is 0 Å². The molecule has 4 heterocycles. The van der Waals surface area contributed by atoms with Crippen molar-refractivity contribution in [2.24, 2.45) is 5.92 Å². The molecule has 4 nitrogen and oxygen atoms in total. The second kappa shape index (κ2) is 6.91. The Morgan fingerprint density at radius 3 is 2.74 bits per heavy atom. The van der Waals surface area contributed by atoms with Crippen molar-refractivity contribution in [2.75, 3.05) is 37.6 Å². The van der Waals surface area contributed by atoms with Crippen molar-refractivity contribution in [3.63, 3.8) is 0 Å². The number of nitrogens with zero attached hydrogens (tertiary/aromatic N) is 3. The molecule has 23 heavy (non-hydrogen) atoms. The molecule has 2 aromatic rings. The quantitative estimate of drug-likeness (QED) is 0.936. The first-order valence-corrected chi connectivity index (χ1v) is 9.29. The van der Waals surface area contributed by atoms with Crippen LogP contribution in [0.5, 0.6) is 0 Å². The van der Waals surface area contributed by atoms with E-state index < -0.39 is 0 Å². The Morgan fingerprint density at radius 1 is 1.09 bits per heavy atom. The molecular formula is C19H28N4. The van der Waals surface area contributed by atoms with E-state index in [9.17, 15) is 0 Å². The van der Waals surface area contributed by atoms with Gasteiger partial charge in [-0.1, -0.05) is 6.42 Å². The second-order valence-electron chi connectivity index (χ2n) is 7.23. The van der Waals surface area contributed by atoms with Crippen LogP contribution in [-0.2, 0) is 0 Å². The average Bonchev–Trinajstić information content (AvgIpc) is 3.09. The first-order chi connectivity index (χ1) is 11.4. The Bertz CT molecular complexity index is 621. The molecule has 0 spiro atoms. The van der Waals surface area contributed by atoms with Gasteiger partial charge >= 0.3 is 0 Å². The van der Waals surface area contributed by atoms with Gasteiger partial charge in [0, 0.05) is 24.7 Å². The normalized spacial score (nSPS) is 21.1. The monoisotopic (exact) mass is 312 g/mol.